The maximum atomic E-state index is 5.54. The number of nitrogens with zero attached hydrogens (tertiary/aromatic N) is 1. The molecule has 0 fully saturated rings. The molecule has 0 amide bonds. The summed E-state index contributed by atoms with van der Waals surface area (Å²) >= 11 is 0. The number of nitrogens with one attached hydrogen (secondary N) is 1. The molecule has 59 heavy (non-hydrogen) atoms. The lowest BCUT2D eigenvalue weighted by Gasteiger charge is -2.35. The third kappa shape index (κ3) is 5.84. The maximum Gasteiger partial charge on any atom is 0.145 e. The van der Waals surface area contributed by atoms with E-state index in [0.29, 0.717) is 0 Å². The molecule has 0 spiro atoms. The third-order valence-corrected chi connectivity index (χ3v) is 12.2. The van der Waals surface area contributed by atoms with Crippen molar-refractivity contribution in [2.45, 2.75) is 11.6 Å². The highest BCUT2D eigenvalue weighted by atomic mass is 15.1. The maximum absolute atomic E-state index is 5.54. The molecule has 1 aliphatic carbocycles. The van der Waals surface area contributed by atoms with Gasteiger partial charge in [0, 0.05) is 11.3 Å². The van der Waals surface area contributed by atoms with Gasteiger partial charge in [0.2, 0.25) is 0 Å². The van der Waals surface area contributed by atoms with Crippen molar-refractivity contribution in [2.24, 2.45) is 4.99 Å². The van der Waals surface area contributed by atoms with Crippen molar-refractivity contribution in [3.05, 3.63) is 269 Å². The smallest absolute Gasteiger partial charge is 0.145 e. The molecule has 0 saturated carbocycles. The molecule has 1 unspecified atom stereocenters. The molecule has 2 heteroatoms. The van der Waals surface area contributed by atoms with E-state index >= 15 is 0 Å². The Morgan fingerprint density at radius 3 is 1.64 bits per heavy atom. The Bertz CT molecular complexity index is 3000. The summed E-state index contributed by atoms with van der Waals surface area (Å²) in [5.41, 5.74) is 17.1. The Hall–Kier alpha value is -7.55. The van der Waals surface area contributed by atoms with Gasteiger partial charge in [-0.3, -0.25) is 4.99 Å². The fourth-order valence-electron chi connectivity index (χ4n) is 9.52. The molecule has 1 aliphatic heterocycles. The first-order valence-corrected chi connectivity index (χ1v) is 20.4. The van der Waals surface area contributed by atoms with Crippen molar-refractivity contribution >= 4 is 22.2 Å². The van der Waals surface area contributed by atoms with Gasteiger partial charge in [0.25, 0.3) is 0 Å². The second kappa shape index (κ2) is 14.4. The molecule has 9 aromatic rings. The molecule has 0 radical (unpaired) electrons. The van der Waals surface area contributed by atoms with Crippen LogP contribution in [0.25, 0.3) is 49.9 Å². The first kappa shape index (κ1) is 34.7. The van der Waals surface area contributed by atoms with Crippen molar-refractivity contribution in [3.8, 4) is 33.4 Å². The van der Waals surface area contributed by atoms with E-state index < -0.39 is 5.41 Å². The van der Waals surface area contributed by atoms with Crippen molar-refractivity contribution < 1.29 is 0 Å². The van der Waals surface area contributed by atoms with E-state index in [1.165, 1.54) is 66.4 Å². The first-order chi connectivity index (χ1) is 29.3. The lowest BCUT2D eigenvalue weighted by molar-refractivity contribution is 0.660. The Balaban J connectivity index is 1.17. The zero-order valence-electron chi connectivity index (χ0n) is 32.5. The summed E-state index contributed by atoms with van der Waals surface area (Å²) in [6.07, 6.45) is 1.87. The van der Waals surface area contributed by atoms with Gasteiger partial charge >= 0.3 is 0 Å². The van der Waals surface area contributed by atoms with Crippen LogP contribution in [0.5, 0.6) is 0 Å². The molecule has 1 atom stereocenters. The molecule has 1 heterocycles. The molecule has 1 N–H and O–H groups in total. The molecule has 2 aliphatic rings. The van der Waals surface area contributed by atoms with Crippen LogP contribution in [0.2, 0.25) is 0 Å². The Labute approximate surface area is 345 Å². The fraction of sp³-hybridized carbons (Fsp3) is 0.0351. The topological polar surface area (TPSA) is 24.4 Å². The van der Waals surface area contributed by atoms with Gasteiger partial charge in [-0.25, -0.2) is 0 Å². The van der Waals surface area contributed by atoms with Gasteiger partial charge in [-0.15, -0.1) is 0 Å². The molecular formula is C57H40N2. The lowest BCUT2D eigenvalue weighted by atomic mass is 9.67. The van der Waals surface area contributed by atoms with Gasteiger partial charge in [-0.2, -0.15) is 0 Å². The minimum absolute atomic E-state index is 0.337. The van der Waals surface area contributed by atoms with Crippen LogP contribution in [0.4, 0.5) is 0 Å². The summed E-state index contributed by atoms with van der Waals surface area (Å²) in [6.45, 7) is 0. The van der Waals surface area contributed by atoms with E-state index in [9.17, 15) is 0 Å². The number of benzene rings is 9. The first-order valence-electron chi connectivity index (χ1n) is 20.4. The van der Waals surface area contributed by atoms with Crippen molar-refractivity contribution in [2.75, 3.05) is 0 Å². The van der Waals surface area contributed by atoms with Gasteiger partial charge in [-0.05, 0) is 102 Å². The molecule has 2 nitrogen and oxygen atoms in total. The summed E-state index contributed by atoms with van der Waals surface area (Å²) in [4.78, 5) is 5.54. The molecule has 9 aromatic carbocycles. The number of hydrogen-bond donors (Lipinski definition) is 1. The average Bonchev–Trinajstić information content (AvgIpc) is 3.61. The Kier molecular flexibility index (Phi) is 8.48. The van der Waals surface area contributed by atoms with Crippen LogP contribution in [0.3, 0.4) is 0 Å². The van der Waals surface area contributed by atoms with E-state index in [0.717, 1.165) is 28.1 Å². The van der Waals surface area contributed by atoms with Crippen LogP contribution >= 0.6 is 0 Å². The zero-order chi connectivity index (χ0) is 39.2. The monoisotopic (exact) mass is 752 g/mol. The summed E-state index contributed by atoms with van der Waals surface area (Å²) < 4.78 is 0. The number of hydrogen-bond acceptors (Lipinski definition) is 2. The quantitative estimate of drug-likeness (QED) is 0.172. The van der Waals surface area contributed by atoms with E-state index in [1.807, 2.05) is 0 Å². The van der Waals surface area contributed by atoms with Crippen LogP contribution in [0.15, 0.2) is 236 Å². The SMILES string of the molecule is C1=C(c2ccccc2)NC(c2ccc3c(c2)C(c2ccccc2)(c2ccccc2)c2cc4ccccc4c(-c4ccccc4)c2-3)N=C1c1cccc(-c2ccccc2)c1. The summed E-state index contributed by atoms with van der Waals surface area (Å²) in [5, 5.41) is 6.37. The van der Waals surface area contributed by atoms with E-state index in [1.54, 1.807) is 0 Å². The van der Waals surface area contributed by atoms with Gasteiger partial charge in [-0.1, -0.05) is 206 Å². The summed E-state index contributed by atoms with van der Waals surface area (Å²) in [6, 6.07) is 81.5. The van der Waals surface area contributed by atoms with Gasteiger partial charge in [0.05, 0.1) is 11.1 Å². The fourth-order valence-corrected chi connectivity index (χ4v) is 9.52. The molecule has 0 saturated heterocycles. The zero-order valence-corrected chi connectivity index (χ0v) is 32.5. The van der Waals surface area contributed by atoms with Crippen LogP contribution in [0, 0.1) is 0 Å². The van der Waals surface area contributed by atoms with Crippen molar-refractivity contribution in [1.82, 2.24) is 5.32 Å². The predicted octanol–water partition coefficient (Wildman–Crippen LogP) is 13.7. The normalized spacial score (nSPS) is 15.1. The highest BCUT2D eigenvalue weighted by molar-refractivity contribution is 6.13. The van der Waals surface area contributed by atoms with Gasteiger partial charge < -0.3 is 5.32 Å². The molecular weight excluding hydrogens is 713 g/mol. The number of allylic oxidation sites excluding steroid dienone is 1. The minimum atomic E-state index is -0.597. The van der Waals surface area contributed by atoms with E-state index in [2.05, 4.69) is 236 Å². The van der Waals surface area contributed by atoms with Gasteiger partial charge in [0.15, 0.2) is 0 Å². The molecule has 0 aromatic heterocycles. The van der Waals surface area contributed by atoms with Crippen LogP contribution in [0.1, 0.15) is 45.1 Å². The highest BCUT2D eigenvalue weighted by Gasteiger charge is 2.48. The van der Waals surface area contributed by atoms with Crippen LogP contribution < -0.4 is 5.32 Å². The van der Waals surface area contributed by atoms with Gasteiger partial charge in [0.1, 0.15) is 6.17 Å². The Morgan fingerprint density at radius 2 is 0.966 bits per heavy atom. The molecule has 278 valence electrons. The average molecular weight is 753 g/mol. The standard InChI is InChI=1S/C57H40N2/c1-6-19-39(20-7-1)42-26-18-27-44(35-42)53-38-52(40-21-8-2-9-22-40)58-56(59-53)45-33-34-49-50(37-45)57(46-28-12-4-13-29-46,47-30-14-5-15-31-47)51-36-43-25-16-17-32-48(43)54(55(49)51)41-23-10-3-11-24-41/h1-38,56,58H. The largest absolute Gasteiger partial charge is 0.360 e. The highest BCUT2D eigenvalue weighted by Crippen LogP contribution is 2.60. The second-order valence-electron chi connectivity index (χ2n) is 15.5. The van der Waals surface area contributed by atoms with E-state index in [-0.39, 0.29) is 6.17 Å². The third-order valence-electron chi connectivity index (χ3n) is 12.2. The number of aliphatic imine (C=N–C) groups is 1. The summed E-state index contributed by atoms with van der Waals surface area (Å²) in [7, 11) is 0. The van der Waals surface area contributed by atoms with Crippen LogP contribution in [-0.4, -0.2) is 5.71 Å². The van der Waals surface area contributed by atoms with Crippen molar-refractivity contribution in [1.29, 1.82) is 0 Å². The molecule has 0 bridgehead atoms. The van der Waals surface area contributed by atoms with Crippen LogP contribution in [-0.2, 0) is 5.41 Å². The van der Waals surface area contributed by atoms with Crippen molar-refractivity contribution in [3.63, 3.8) is 0 Å². The number of rotatable bonds is 7. The lowest BCUT2D eigenvalue weighted by Crippen LogP contribution is -2.29. The number of fused-ring (bicyclic) bond motifs is 4. The second-order valence-corrected chi connectivity index (χ2v) is 15.5. The summed E-state index contributed by atoms with van der Waals surface area (Å²) in [5.74, 6) is 0. The predicted molar refractivity (Wildman–Crippen MR) is 245 cm³/mol. The minimum Gasteiger partial charge on any atom is -0.360 e. The Morgan fingerprint density at radius 1 is 0.407 bits per heavy atom. The van der Waals surface area contributed by atoms with E-state index in [4.69, 9.17) is 4.99 Å². The molecule has 11 rings (SSSR count).